The minimum absolute atomic E-state index is 0.0502. The van der Waals surface area contributed by atoms with E-state index in [4.69, 9.17) is 4.74 Å². The van der Waals surface area contributed by atoms with Crippen molar-refractivity contribution in [1.82, 2.24) is 5.32 Å². The maximum absolute atomic E-state index is 12.2. The van der Waals surface area contributed by atoms with Gasteiger partial charge in [-0.05, 0) is 29.0 Å². The van der Waals surface area contributed by atoms with Crippen LogP contribution in [0.25, 0.3) is 0 Å². The molecule has 1 atom stereocenters. The van der Waals surface area contributed by atoms with E-state index < -0.39 is 0 Å². The summed E-state index contributed by atoms with van der Waals surface area (Å²) in [7, 11) is 0. The summed E-state index contributed by atoms with van der Waals surface area (Å²) >= 11 is 0. The predicted molar refractivity (Wildman–Crippen MR) is 123 cm³/mol. The molecular formula is C27H29NO3. The molecule has 4 nitrogen and oxygen atoms in total. The van der Waals surface area contributed by atoms with Crippen LogP contribution in [0, 0.1) is 0 Å². The van der Waals surface area contributed by atoms with Crippen molar-refractivity contribution < 1.29 is 14.3 Å². The normalized spacial score (nSPS) is 11.7. The monoisotopic (exact) mass is 415 g/mol. The molecule has 0 radical (unpaired) electrons. The van der Waals surface area contributed by atoms with Gasteiger partial charge in [0.05, 0.1) is 6.42 Å². The Balaban J connectivity index is 1.44. The topological polar surface area (TPSA) is 55.4 Å². The number of benzene rings is 3. The van der Waals surface area contributed by atoms with Gasteiger partial charge in [0.25, 0.3) is 5.91 Å². The molecule has 0 unspecified atom stereocenters. The van der Waals surface area contributed by atoms with Crippen LogP contribution in [0.15, 0.2) is 91.0 Å². The lowest BCUT2D eigenvalue weighted by molar-refractivity contribution is -0.148. The summed E-state index contributed by atoms with van der Waals surface area (Å²) in [5.74, 6) is -0.398. The zero-order chi connectivity index (χ0) is 21.9. The van der Waals surface area contributed by atoms with Crippen LogP contribution in [-0.2, 0) is 14.3 Å². The fourth-order valence-electron chi connectivity index (χ4n) is 3.66. The lowest BCUT2D eigenvalue weighted by Crippen LogP contribution is -2.30. The lowest BCUT2D eigenvalue weighted by Gasteiger charge is -2.18. The first-order valence-corrected chi connectivity index (χ1v) is 10.7. The second kappa shape index (κ2) is 11.7. The Kier molecular flexibility index (Phi) is 8.41. The van der Waals surface area contributed by atoms with Crippen molar-refractivity contribution in [2.75, 3.05) is 13.2 Å². The van der Waals surface area contributed by atoms with Crippen molar-refractivity contribution in [2.45, 2.75) is 31.6 Å². The van der Waals surface area contributed by atoms with Gasteiger partial charge in [-0.15, -0.1) is 0 Å². The largest absolute Gasteiger partial charge is 0.456 e. The summed E-state index contributed by atoms with van der Waals surface area (Å²) in [4.78, 5) is 24.3. The Morgan fingerprint density at radius 3 is 1.77 bits per heavy atom. The number of carbonyl (C=O) groups is 2. The summed E-state index contributed by atoms with van der Waals surface area (Å²) in [6, 6.07) is 30.3. The van der Waals surface area contributed by atoms with Crippen LogP contribution in [0.5, 0.6) is 0 Å². The molecule has 0 spiro atoms. The van der Waals surface area contributed by atoms with Crippen LogP contribution >= 0.6 is 0 Å². The molecule has 0 bridgehead atoms. The molecule has 0 aliphatic carbocycles. The smallest absolute Gasteiger partial charge is 0.306 e. The van der Waals surface area contributed by atoms with Crippen LogP contribution < -0.4 is 5.32 Å². The quantitative estimate of drug-likeness (QED) is 0.471. The molecule has 31 heavy (non-hydrogen) atoms. The van der Waals surface area contributed by atoms with Crippen LogP contribution in [0.1, 0.15) is 48.3 Å². The molecule has 0 aliphatic rings. The van der Waals surface area contributed by atoms with E-state index in [1.807, 2.05) is 73.7 Å². The summed E-state index contributed by atoms with van der Waals surface area (Å²) < 4.78 is 5.17. The second-order valence-electron chi connectivity index (χ2n) is 7.69. The summed E-state index contributed by atoms with van der Waals surface area (Å²) in [5, 5.41) is 2.88. The van der Waals surface area contributed by atoms with E-state index in [1.54, 1.807) is 0 Å². The third kappa shape index (κ3) is 7.10. The molecular weight excluding hydrogens is 386 g/mol. The standard InChI is InChI=1S/C27H29NO3/c1-21(22-11-5-2-6-12-22)19-27(30)31-20-26(29)28-18-17-25(23-13-7-3-8-14-23)24-15-9-4-10-16-24/h2-16,21,25H,17-20H2,1H3,(H,28,29)/t21-/m1/s1. The van der Waals surface area contributed by atoms with Crippen LogP contribution in [0.4, 0.5) is 0 Å². The maximum Gasteiger partial charge on any atom is 0.306 e. The Bertz CT molecular complexity index is 902. The summed E-state index contributed by atoms with van der Waals surface area (Å²) in [5.41, 5.74) is 3.50. The number of ether oxygens (including phenoxy) is 1. The average Bonchev–Trinajstić information content (AvgIpc) is 2.82. The molecule has 160 valence electrons. The van der Waals surface area contributed by atoms with Gasteiger partial charge in [-0.2, -0.15) is 0 Å². The average molecular weight is 416 g/mol. The van der Waals surface area contributed by atoms with Crippen molar-refractivity contribution >= 4 is 11.9 Å². The van der Waals surface area contributed by atoms with E-state index in [0.29, 0.717) is 6.54 Å². The lowest BCUT2D eigenvalue weighted by atomic mass is 9.88. The molecule has 0 aromatic heterocycles. The van der Waals surface area contributed by atoms with E-state index in [-0.39, 0.29) is 36.7 Å². The number of carbonyl (C=O) groups excluding carboxylic acids is 2. The van der Waals surface area contributed by atoms with Gasteiger partial charge in [-0.25, -0.2) is 0 Å². The molecule has 4 heteroatoms. The molecule has 0 saturated carbocycles. The Morgan fingerprint density at radius 2 is 1.26 bits per heavy atom. The van der Waals surface area contributed by atoms with E-state index in [2.05, 4.69) is 29.6 Å². The highest BCUT2D eigenvalue weighted by atomic mass is 16.5. The fourth-order valence-corrected chi connectivity index (χ4v) is 3.66. The van der Waals surface area contributed by atoms with Crippen LogP contribution in [0.2, 0.25) is 0 Å². The minimum atomic E-state index is -0.363. The van der Waals surface area contributed by atoms with Crippen molar-refractivity contribution in [3.05, 3.63) is 108 Å². The van der Waals surface area contributed by atoms with E-state index in [9.17, 15) is 9.59 Å². The van der Waals surface area contributed by atoms with Gasteiger partial charge >= 0.3 is 5.97 Å². The zero-order valence-electron chi connectivity index (χ0n) is 17.9. The van der Waals surface area contributed by atoms with Crippen molar-refractivity contribution in [1.29, 1.82) is 0 Å². The Morgan fingerprint density at radius 1 is 0.774 bits per heavy atom. The summed E-state index contributed by atoms with van der Waals surface area (Å²) in [6.07, 6.45) is 1.01. The van der Waals surface area contributed by atoms with Crippen LogP contribution in [0.3, 0.4) is 0 Å². The fraction of sp³-hybridized carbons (Fsp3) is 0.259. The van der Waals surface area contributed by atoms with Crippen molar-refractivity contribution in [3.63, 3.8) is 0 Å². The molecule has 3 aromatic rings. The molecule has 0 aliphatic heterocycles. The molecule has 3 aromatic carbocycles. The van der Waals surface area contributed by atoms with E-state index in [1.165, 1.54) is 11.1 Å². The molecule has 1 amide bonds. The number of esters is 1. The number of hydrogen-bond donors (Lipinski definition) is 1. The maximum atomic E-state index is 12.2. The van der Waals surface area contributed by atoms with Crippen LogP contribution in [-0.4, -0.2) is 25.0 Å². The van der Waals surface area contributed by atoms with Gasteiger partial charge in [-0.1, -0.05) is 97.9 Å². The number of amides is 1. The molecule has 0 saturated heterocycles. The van der Waals surface area contributed by atoms with Gasteiger partial charge in [-0.3, -0.25) is 9.59 Å². The van der Waals surface area contributed by atoms with Crippen molar-refractivity contribution in [2.24, 2.45) is 0 Å². The van der Waals surface area contributed by atoms with E-state index >= 15 is 0 Å². The molecule has 0 fully saturated rings. The third-order valence-electron chi connectivity index (χ3n) is 5.36. The highest BCUT2D eigenvalue weighted by Gasteiger charge is 2.16. The highest BCUT2D eigenvalue weighted by Crippen LogP contribution is 2.27. The number of hydrogen-bond acceptors (Lipinski definition) is 3. The number of nitrogens with one attached hydrogen (secondary N) is 1. The Labute approximate surface area is 184 Å². The first kappa shape index (κ1) is 22.3. The van der Waals surface area contributed by atoms with Gasteiger partial charge in [0.1, 0.15) is 0 Å². The molecule has 1 N–H and O–H groups in total. The second-order valence-corrected chi connectivity index (χ2v) is 7.69. The third-order valence-corrected chi connectivity index (χ3v) is 5.36. The molecule has 3 rings (SSSR count). The Hall–Kier alpha value is -3.40. The SMILES string of the molecule is C[C@H](CC(=O)OCC(=O)NCCC(c1ccccc1)c1ccccc1)c1ccccc1. The van der Waals surface area contributed by atoms with Gasteiger partial charge < -0.3 is 10.1 Å². The summed E-state index contributed by atoms with van der Waals surface area (Å²) in [6.45, 7) is 2.23. The van der Waals surface area contributed by atoms with Crippen molar-refractivity contribution in [3.8, 4) is 0 Å². The first-order chi connectivity index (χ1) is 15.1. The van der Waals surface area contributed by atoms with Gasteiger partial charge in [0.15, 0.2) is 6.61 Å². The van der Waals surface area contributed by atoms with E-state index in [0.717, 1.165) is 12.0 Å². The first-order valence-electron chi connectivity index (χ1n) is 10.7. The predicted octanol–water partition coefficient (Wildman–Crippen LogP) is 5.06. The molecule has 0 heterocycles. The highest BCUT2D eigenvalue weighted by molar-refractivity contribution is 5.80. The number of rotatable bonds is 10. The zero-order valence-corrected chi connectivity index (χ0v) is 17.9. The minimum Gasteiger partial charge on any atom is -0.456 e. The van der Waals surface area contributed by atoms with Gasteiger partial charge in [0.2, 0.25) is 0 Å². The van der Waals surface area contributed by atoms with Gasteiger partial charge in [0, 0.05) is 12.5 Å².